The number of hydrogen-bond acceptors (Lipinski definition) is 4. The second-order valence-electron chi connectivity index (χ2n) is 6.98. The normalized spacial score (nSPS) is 11.3. The van der Waals surface area contributed by atoms with E-state index in [2.05, 4.69) is 64.4 Å². The largest absolute Gasteiger partial charge is 0.369 e. The van der Waals surface area contributed by atoms with E-state index in [1.165, 1.54) is 0 Å². The van der Waals surface area contributed by atoms with E-state index in [0.29, 0.717) is 5.92 Å². The quantitative estimate of drug-likeness (QED) is 0.534. The van der Waals surface area contributed by atoms with Crippen molar-refractivity contribution in [3.8, 4) is 11.1 Å². The first kappa shape index (κ1) is 16.5. The van der Waals surface area contributed by atoms with Crippen LogP contribution in [0, 0.1) is 5.92 Å². The van der Waals surface area contributed by atoms with Gasteiger partial charge in [-0.15, -0.1) is 0 Å². The second kappa shape index (κ2) is 7.08. The van der Waals surface area contributed by atoms with Crippen LogP contribution in [0.25, 0.3) is 32.9 Å². The molecule has 0 fully saturated rings. The predicted molar refractivity (Wildman–Crippen MR) is 108 cm³/mol. The molecule has 0 unspecified atom stereocenters. The van der Waals surface area contributed by atoms with E-state index in [9.17, 15) is 0 Å². The molecule has 0 saturated heterocycles. The number of nitrogens with zero attached hydrogens (tertiary/aromatic N) is 3. The van der Waals surface area contributed by atoms with Gasteiger partial charge < -0.3 is 5.32 Å². The molecule has 1 N–H and O–H groups in total. The van der Waals surface area contributed by atoms with Crippen molar-refractivity contribution in [1.82, 2.24) is 15.0 Å². The van der Waals surface area contributed by atoms with E-state index < -0.39 is 0 Å². The van der Waals surface area contributed by atoms with E-state index in [1.807, 2.05) is 24.4 Å². The number of hydrogen-bond donors (Lipinski definition) is 1. The van der Waals surface area contributed by atoms with Crippen LogP contribution < -0.4 is 5.32 Å². The Morgan fingerprint density at radius 1 is 0.885 bits per heavy atom. The lowest BCUT2D eigenvalue weighted by atomic mass is 10.0. The molecule has 0 atom stereocenters. The van der Waals surface area contributed by atoms with Crippen molar-refractivity contribution in [2.75, 3.05) is 11.9 Å². The Kier molecular flexibility index (Phi) is 4.48. The fourth-order valence-corrected chi connectivity index (χ4v) is 3.09. The van der Waals surface area contributed by atoms with Crippen LogP contribution in [-0.2, 0) is 0 Å². The summed E-state index contributed by atoms with van der Waals surface area (Å²) in [5, 5.41) is 5.65. The zero-order chi connectivity index (χ0) is 17.9. The van der Waals surface area contributed by atoms with Gasteiger partial charge in [-0.1, -0.05) is 38.1 Å². The van der Waals surface area contributed by atoms with Gasteiger partial charge in [0, 0.05) is 29.1 Å². The van der Waals surface area contributed by atoms with Gasteiger partial charge in [-0.05, 0) is 42.2 Å². The average molecular weight is 342 g/mol. The lowest BCUT2D eigenvalue weighted by Gasteiger charge is -2.11. The Labute approximate surface area is 153 Å². The van der Waals surface area contributed by atoms with Crippen LogP contribution in [0.4, 0.5) is 5.82 Å². The summed E-state index contributed by atoms with van der Waals surface area (Å²) in [6.07, 6.45) is 4.66. The van der Waals surface area contributed by atoms with Crippen LogP contribution in [0.15, 0.2) is 61.1 Å². The molecular weight excluding hydrogens is 320 g/mol. The zero-order valence-corrected chi connectivity index (χ0v) is 15.1. The second-order valence-corrected chi connectivity index (χ2v) is 6.98. The summed E-state index contributed by atoms with van der Waals surface area (Å²) in [4.78, 5) is 13.4. The van der Waals surface area contributed by atoms with Gasteiger partial charge in [0.1, 0.15) is 12.1 Å². The summed E-state index contributed by atoms with van der Waals surface area (Å²) in [6.45, 7) is 5.36. The van der Waals surface area contributed by atoms with Crippen molar-refractivity contribution in [2.24, 2.45) is 5.92 Å². The zero-order valence-electron chi connectivity index (χ0n) is 15.1. The summed E-state index contributed by atoms with van der Waals surface area (Å²) in [5.74, 6) is 1.56. The average Bonchev–Trinajstić information content (AvgIpc) is 2.67. The van der Waals surface area contributed by atoms with Crippen LogP contribution in [0.1, 0.15) is 20.3 Å². The van der Waals surface area contributed by atoms with Crippen LogP contribution in [0.3, 0.4) is 0 Å². The highest BCUT2D eigenvalue weighted by atomic mass is 15.0. The maximum atomic E-state index is 4.58. The minimum Gasteiger partial charge on any atom is -0.369 e. The minimum atomic E-state index is 0.662. The standard InChI is InChI=1S/C22H22N4/c1-15(2)9-10-23-22-19-12-16(7-8-21(19)25-14-26-22)18-11-17-5-3-4-6-20(17)24-13-18/h3-8,11-15H,9-10H2,1-2H3,(H,23,25,26). The van der Waals surface area contributed by atoms with E-state index in [-0.39, 0.29) is 0 Å². The lowest BCUT2D eigenvalue weighted by molar-refractivity contribution is 0.607. The molecule has 4 rings (SSSR count). The number of pyridine rings is 1. The van der Waals surface area contributed by atoms with Crippen LogP contribution in [0.5, 0.6) is 0 Å². The summed E-state index contributed by atoms with van der Waals surface area (Å²) in [7, 11) is 0. The number of rotatable bonds is 5. The first-order valence-corrected chi connectivity index (χ1v) is 9.04. The highest BCUT2D eigenvalue weighted by Crippen LogP contribution is 2.28. The number of anilines is 1. The van der Waals surface area contributed by atoms with Gasteiger partial charge in [0.05, 0.1) is 11.0 Å². The van der Waals surface area contributed by atoms with Crippen molar-refractivity contribution in [2.45, 2.75) is 20.3 Å². The summed E-state index contributed by atoms with van der Waals surface area (Å²) < 4.78 is 0. The van der Waals surface area contributed by atoms with Crippen LogP contribution in [-0.4, -0.2) is 21.5 Å². The van der Waals surface area contributed by atoms with Crippen LogP contribution in [0.2, 0.25) is 0 Å². The summed E-state index contributed by atoms with van der Waals surface area (Å²) in [6, 6.07) is 16.7. The first-order chi connectivity index (χ1) is 12.7. The Balaban J connectivity index is 1.73. The number of benzene rings is 2. The molecule has 0 radical (unpaired) electrons. The maximum Gasteiger partial charge on any atom is 0.137 e. The van der Waals surface area contributed by atoms with Gasteiger partial charge in [-0.3, -0.25) is 4.98 Å². The molecule has 0 aliphatic heterocycles. The maximum absolute atomic E-state index is 4.58. The molecule has 0 spiro atoms. The number of fused-ring (bicyclic) bond motifs is 2. The Hall–Kier alpha value is -3.01. The molecule has 0 aliphatic carbocycles. The lowest BCUT2D eigenvalue weighted by Crippen LogP contribution is -2.06. The third kappa shape index (κ3) is 3.36. The van der Waals surface area contributed by atoms with E-state index in [4.69, 9.17) is 0 Å². The molecule has 2 heterocycles. The summed E-state index contributed by atoms with van der Waals surface area (Å²) in [5.41, 5.74) is 4.18. The van der Waals surface area contributed by atoms with Crippen LogP contribution >= 0.6 is 0 Å². The molecule has 0 bridgehead atoms. The van der Waals surface area contributed by atoms with Crippen molar-refractivity contribution in [3.63, 3.8) is 0 Å². The topological polar surface area (TPSA) is 50.7 Å². The molecule has 4 heteroatoms. The van der Waals surface area contributed by atoms with Crippen molar-refractivity contribution >= 4 is 27.6 Å². The monoisotopic (exact) mass is 342 g/mol. The van der Waals surface area contributed by atoms with Gasteiger partial charge >= 0.3 is 0 Å². The molecule has 0 aliphatic rings. The molecule has 4 nitrogen and oxygen atoms in total. The van der Waals surface area contributed by atoms with Gasteiger partial charge in [0.15, 0.2) is 0 Å². The Bertz CT molecular complexity index is 1060. The number of nitrogens with one attached hydrogen (secondary N) is 1. The smallest absolute Gasteiger partial charge is 0.137 e. The third-order valence-electron chi connectivity index (χ3n) is 4.57. The third-order valence-corrected chi connectivity index (χ3v) is 4.57. The number of para-hydroxylation sites is 1. The molecule has 2 aromatic heterocycles. The van der Waals surface area contributed by atoms with Gasteiger partial charge in [-0.25, -0.2) is 9.97 Å². The van der Waals surface area contributed by atoms with E-state index in [1.54, 1.807) is 6.33 Å². The molecule has 26 heavy (non-hydrogen) atoms. The van der Waals surface area contributed by atoms with E-state index >= 15 is 0 Å². The van der Waals surface area contributed by atoms with Gasteiger partial charge in [-0.2, -0.15) is 0 Å². The van der Waals surface area contributed by atoms with Crippen molar-refractivity contribution in [1.29, 1.82) is 0 Å². The highest BCUT2D eigenvalue weighted by Gasteiger charge is 2.07. The predicted octanol–water partition coefficient (Wildman–Crippen LogP) is 5.30. The molecular formula is C22H22N4. The molecule has 2 aromatic carbocycles. The highest BCUT2D eigenvalue weighted by molar-refractivity contribution is 5.93. The molecule has 0 saturated carbocycles. The fourth-order valence-electron chi connectivity index (χ4n) is 3.09. The van der Waals surface area contributed by atoms with Gasteiger partial charge in [0.2, 0.25) is 0 Å². The van der Waals surface area contributed by atoms with Gasteiger partial charge in [0.25, 0.3) is 0 Å². The Morgan fingerprint density at radius 2 is 1.77 bits per heavy atom. The fraction of sp³-hybridized carbons (Fsp3) is 0.227. The van der Waals surface area contributed by atoms with Crippen molar-refractivity contribution < 1.29 is 0 Å². The molecule has 130 valence electrons. The first-order valence-electron chi connectivity index (χ1n) is 9.04. The molecule has 0 amide bonds. The van der Waals surface area contributed by atoms with Crippen molar-refractivity contribution in [3.05, 3.63) is 61.1 Å². The molecule has 4 aromatic rings. The van der Waals surface area contributed by atoms with E-state index in [0.717, 1.165) is 51.7 Å². The number of aromatic nitrogens is 3. The minimum absolute atomic E-state index is 0.662. The summed E-state index contributed by atoms with van der Waals surface area (Å²) >= 11 is 0. The Morgan fingerprint density at radius 3 is 2.65 bits per heavy atom. The SMILES string of the molecule is CC(C)CCNc1ncnc2ccc(-c3cnc4ccccc4c3)cc12.